The first-order chi connectivity index (χ1) is 9.95. The van der Waals surface area contributed by atoms with Crippen LogP contribution in [0.5, 0.6) is 5.75 Å². The van der Waals surface area contributed by atoms with Gasteiger partial charge in [0.15, 0.2) is 11.6 Å². The summed E-state index contributed by atoms with van der Waals surface area (Å²) in [4.78, 5) is 11.8. The topological polar surface area (TPSA) is 49.3 Å². The van der Waals surface area contributed by atoms with Gasteiger partial charge in [-0.15, -0.1) is 0 Å². The number of amides is 1. The van der Waals surface area contributed by atoms with Gasteiger partial charge in [-0.1, -0.05) is 17.7 Å². The maximum absolute atomic E-state index is 13.0. The van der Waals surface area contributed by atoms with Crippen molar-refractivity contribution in [3.63, 3.8) is 0 Å². The van der Waals surface area contributed by atoms with E-state index in [1.807, 2.05) is 0 Å². The number of carbonyl (C=O) groups excluding carboxylic acids is 1. The molecule has 21 heavy (non-hydrogen) atoms. The van der Waals surface area contributed by atoms with Crippen molar-refractivity contribution in [2.75, 3.05) is 5.32 Å². The fourth-order valence-electron chi connectivity index (χ4n) is 1.77. The first-order valence-electron chi connectivity index (χ1n) is 6.18. The lowest BCUT2D eigenvalue weighted by atomic mass is 10.1. The Bertz CT molecular complexity index is 677. The van der Waals surface area contributed by atoms with Gasteiger partial charge in [-0.3, -0.25) is 4.79 Å². The van der Waals surface area contributed by atoms with Crippen LogP contribution in [0.3, 0.4) is 0 Å². The number of halogens is 3. The number of phenolic OH excluding ortho intramolecular Hbond substituents is 1. The Labute approximate surface area is 125 Å². The van der Waals surface area contributed by atoms with Gasteiger partial charge in [0.1, 0.15) is 5.75 Å². The van der Waals surface area contributed by atoms with Crippen molar-refractivity contribution < 1.29 is 18.7 Å². The smallest absolute Gasteiger partial charge is 0.224 e. The highest BCUT2D eigenvalue weighted by Gasteiger charge is 2.09. The van der Waals surface area contributed by atoms with Gasteiger partial charge in [0.2, 0.25) is 5.91 Å². The van der Waals surface area contributed by atoms with E-state index in [2.05, 4.69) is 5.32 Å². The van der Waals surface area contributed by atoms with Gasteiger partial charge < -0.3 is 10.4 Å². The Balaban J connectivity index is 1.95. The Kier molecular flexibility index (Phi) is 4.75. The number of anilines is 1. The number of benzene rings is 2. The van der Waals surface area contributed by atoms with Crippen molar-refractivity contribution in [3.8, 4) is 5.75 Å². The SMILES string of the molecule is O=C(CCc1ccc(F)c(F)c1)Nc1cc(Cl)ccc1O. The van der Waals surface area contributed by atoms with Crippen LogP contribution >= 0.6 is 11.6 Å². The van der Waals surface area contributed by atoms with E-state index in [0.717, 1.165) is 12.1 Å². The lowest BCUT2D eigenvalue weighted by molar-refractivity contribution is -0.116. The molecule has 0 saturated carbocycles. The zero-order chi connectivity index (χ0) is 15.4. The van der Waals surface area contributed by atoms with E-state index < -0.39 is 11.6 Å². The van der Waals surface area contributed by atoms with Gasteiger partial charge >= 0.3 is 0 Å². The predicted octanol–water partition coefficient (Wildman–Crippen LogP) is 3.90. The summed E-state index contributed by atoms with van der Waals surface area (Å²) in [5.74, 6) is -2.33. The molecule has 0 radical (unpaired) electrons. The van der Waals surface area contributed by atoms with Crippen LogP contribution in [0, 0.1) is 11.6 Å². The maximum atomic E-state index is 13.0. The lowest BCUT2D eigenvalue weighted by Gasteiger charge is -2.08. The molecule has 0 heterocycles. The molecule has 2 aromatic carbocycles. The van der Waals surface area contributed by atoms with Gasteiger partial charge in [-0.05, 0) is 42.3 Å². The zero-order valence-corrected chi connectivity index (χ0v) is 11.6. The molecule has 2 rings (SSSR count). The first-order valence-corrected chi connectivity index (χ1v) is 6.56. The van der Waals surface area contributed by atoms with Crippen LogP contribution in [0.1, 0.15) is 12.0 Å². The summed E-state index contributed by atoms with van der Waals surface area (Å²) in [5, 5.41) is 12.5. The number of carbonyl (C=O) groups is 1. The molecule has 0 aliphatic heterocycles. The van der Waals surface area contributed by atoms with E-state index in [9.17, 15) is 18.7 Å². The molecule has 3 nitrogen and oxygen atoms in total. The lowest BCUT2D eigenvalue weighted by Crippen LogP contribution is -2.12. The first kappa shape index (κ1) is 15.3. The van der Waals surface area contributed by atoms with Crippen LogP contribution in [0.4, 0.5) is 14.5 Å². The van der Waals surface area contributed by atoms with Crippen molar-refractivity contribution in [2.45, 2.75) is 12.8 Å². The maximum Gasteiger partial charge on any atom is 0.224 e. The van der Waals surface area contributed by atoms with Crippen LogP contribution in [0.15, 0.2) is 36.4 Å². The third-order valence-electron chi connectivity index (χ3n) is 2.86. The highest BCUT2D eigenvalue weighted by atomic mass is 35.5. The number of aryl methyl sites for hydroxylation is 1. The zero-order valence-electron chi connectivity index (χ0n) is 10.9. The van der Waals surface area contributed by atoms with Crippen LogP contribution in [0.2, 0.25) is 5.02 Å². The molecule has 1 amide bonds. The molecule has 0 fully saturated rings. The molecule has 0 unspecified atom stereocenters. The molecular weight excluding hydrogens is 300 g/mol. The predicted molar refractivity (Wildman–Crippen MR) is 76.4 cm³/mol. The molecule has 110 valence electrons. The fraction of sp³-hybridized carbons (Fsp3) is 0.133. The molecule has 0 aromatic heterocycles. The molecule has 2 N–H and O–H groups in total. The van der Waals surface area contributed by atoms with Crippen LogP contribution in [-0.2, 0) is 11.2 Å². The standard InChI is InChI=1S/C15H12ClF2NO2/c16-10-3-5-14(20)13(8-10)19-15(21)6-2-9-1-4-11(17)12(18)7-9/h1,3-5,7-8,20H,2,6H2,(H,19,21). The second-order valence-electron chi connectivity index (χ2n) is 4.46. The normalized spacial score (nSPS) is 10.4. The van der Waals surface area contributed by atoms with E-state index in [1.165, 1.54) is 24.3 Å². The monoisotopic (exact) mass is 311 g/mol. The van der Waals surface area contributed by atoms with Gasteiger partial charge in [0.25, 0.3) is 0 Å². The van der Waals surface area contributed by atoms with Crippen LogP contribution in [-0.4, -0.2) is 11.0 Å². The van der Waals surface area contributed by atoms with E-state index >= 15 is 0 Å². The van der Waals surface area contributed by atoms with Crippen molar-refractivity contribution in [1.29, 1.82) is 0 Å². The second kappa shape index (κ2) is 6.54. The van der Waals surface area contributed by atoms with Crippen molar-refractivity contribution >= 4 is 23.2 Å². The molecule has 0 bridgehead atoms. The molecule has 0 spiro atoms. The molecule has 0 atom stereocenters. The molecule has 2 aromatic rings. The van der Waals surface area contributed by atoms with Crippen LogP contribution < -0.4 is 5.32 Å². The summed E-state index contributed by atoms with van der Waals surface area (Å²) < 4.78 is 25.8. The number of phenols is 1. The van der Waals surface area contributed by atoms with Gasteiger partial charge in [0, 0.05) is 11.4 Å². The number of rotatable bonds is 4. The second-order valence-corrected chi connectivity index (χ2v) is 4.89. The summed E-state index contributed by atoms with van der Waals surface area (Å²) in [5.41, 5.74) is 0.720. The Morgan fingerprint density at radius 3 is 2.62 bits per heavy atom. The molecule has 0 aliphatic rings. The van der Waals surface area contributed by atoms with Crippen molar-refractivity contribution in [2.24, 2.45) is 0 Å². The molecular formula is C15H12ClF2NO2. The molecule has 0 aliphatic carbocycles. The highest BCUT2D eigenvalue weighted by molar-refractivity contribution is 6.31. The minimum absolute atomic E-state index is 0.0665. The summed E-state index contributed by atoms with van der Waals surface area (Å²) in [6, 6.07) is 7.78. The van der Waals surface area contributed by atoms with E-state index in [0.29, 0.717) is 10.6 Å². The fourth-order valence-corrected chi connectivity index (χ4v) is 1.95. The average Bonchev–Trinajstić information content (AvgIpc) is 2.44. The third kappa shape index (κ3) is 4.16. The van der Waals surface area contributed by atoms with Gasteiger partial charge in [-0.25, -0.2) is 8.78 Å². The van der Waals surface area contributed by atoms with Crippen LogP contribution in [0.25, 0.3) is 0 Å². The van der Waals surface area contributed by atoms with E-state index in [4.69, 9.17) is 11.6 Å². The molecule has 6 heteroatoms. The Morgan fingerprint density at radius 2 is 1.90 bits per heavy atom. The number of nitrogens with one attached hydrogen (secondary N) is 1. The third-order valence-corrected chi connectivity index (χ3v) is 3.09. The van der Waals surface area contributed by atoms with Gasteiger partial charge in [0.05, 0.1) is 5.69 Å². The van der Waals surface area contributed by atoms with Crippen molar-refractivity contribution in [3.05, 3.63) is 58.6 Å². The number of hydrogen-bond acceptors (Lipinski definition) is 2. The summed E-state index contributed by atoms with van der Waals surface area (Å²) in [6.07, 6.45) is 0.321. The van der Waals surface area contributed by atoms with Crippen molar-refractivity contribution in [1.82, 2.24) is 0 Å². The average molecular weight is 312 g/mol. The summed E-state index contributed by atoms with van der Waals surface area (Å²) in [6.45, 7) is 0. The Hall–Kier alpha value is -2.14. The molecule has 0 saturated heterocycles. The number of hydrogen-bond donors (Lipinski definition) is 2. The van der Waals surface area contributed by atoms with E-state index in [1.54, 1.807) is 0 Å². The minimum Gasteiger partial charge on any atom is -0.506 e. The minimum atomic E-state index is -0.944. The Morgan fingerprint density at radius 1 is 1.14 bits per heavy atom. The summed E-state index contributed by atoms with van der Waals surface area (Å²) >= 11 is 5.77. The van der Waals surface area contributed by atoms with E-state index in [-0.39, 0.29) is 30.2 Å². The largest absolute Gasteiger partial charge is 0.506 e. The number of aromatic hydroxyl groups is 1. The quantitative estimate of drug-likeness (QED) is 0.841. The van der Waals surface area contributed by atoms with Gasteiger partial charge in [-0.2, -0.15) is 0 Å². The highest BCUT2D eigenvalue weighted by Crippen LogP contribution is 2.26. The summed E-state index contributed by atoms with van der Waals surface area (Å²) in [7, 11) is 0.